The minimum Gasteiger partial charge on any atom is -0.0877 e. The van der Waals surface area contributed by atoms with Crippen molar-refractivity contribution in [2.45, 2.75) is 61.3 Å². The van der Waals surface area contributed by atoms with Crippen LogP contribution in [0.3, 0.4) is 0 Å². The summed E-state index contributed by atoms with van der Waals surface area (Å²) in [5.74, 6) is 0.706. The van der Waals surface area contributed by atoms with Gasteiger partial charge in [0, 0.05) is 0 Å². The van der Waals surface area contributed by atoms with Crippen LogP contribution in [0.15, 0.2) is 12.2 Å². The van der Waals surface area contributed by atoms with Gasteiger partial charge in [-0.1, -0.05) is 60.6 Å². The van der Waals surface area contributed by atoms with Crippen molar-refractivity contribution in [3.05, 3.63) is 12.2 Å². The zero-order valence-electron chi connectivity index (χ0n) is 11.1. The zero-order chi connectivity index (χ0) is 11.4. The van der Waals surface area contributed by atoms with Crippen molar-refractivity contribution in [3.8, 4) is 0 Å². The van der Waals surface area contributed by atoms with Gasteiger partial charge in [0.15, 0.2) is 0 Å². The normalized spacial score (nSPS) is 16.2. The third kappa shape index (κ3) is 9.83. The highest BCUT2D eigenvalue weighted by molar-refractivity contribution is 4.90. The minimum absolute atomic E-state index is 0.429. The molecule has 84 valence electrons. The molecule has 0 rings (SSSR count). The van der Waals surface area contributed by atoms with Crippen LogP contribution < -0.4 is 0 Å². The molecule has 0 aliphatic rings. The van der Waals surface area contributed by atoms with Crippen LogP contribution in [0.5, 0.6) is 0 Å². The van der Waals surface area contributed by atoms with Crippen molar-refractivity contribution >= 4 is 0 Å². The van der Waals surface area contributed by atoms with E-state index in [9.17, 15) is 0 Å². The molecule has 0 nitrogen and oxygen atoms in total. The molecule has 0 saturated heterocycles. The molecular weight excluding hydrogens is 168 g/mol. The maximum atomic E-state index is 2.37. The molecule has 0 spiro atoms. The fourth-order valence-corrected chi connectivity index (χ4v) is 1.69. The summed E-state index contributed by atoms with van der Waals surface area (Å²) in [6.45, 7) is 16.1. The predicted molar refractivity (Wildman–Crippen MR) is 66.4 cm³/mol. The van der Waals surface area contributed by atoms with Crippen molar-refractivity contribution in [1.29, 1.82) is 0 Å². The minimum atomic E-state index is 0.429. The number of rotatable bonds is 3. The van der Waals surface area contributed by atoms with Crippen LogP contribution in [0.25, 0.3) is 0 Å². The maximum absolute atomic E-state index is 2.37. The molecule has 0 aromatic carbocycles. The standard InChI is InChI=1S/C14H28/c1-12(11-14(5,6)7)9-8-10-13(2,3)4/h8-9,12H,10-11H2,1-7H3. The molecule has 0 saturated carbocycles. The van der Waals surface area contributed by atoms with E-state index in [1.807, 2.05) is 0 Å². The van der Waals surface area contributed by atoms with E-state index in [1.165, 1.54) is 12.8 Å². The Hall–Kier alpha value is -0.260. The first kappa shape index (κ1) is 13.7. The second-order valence-electron chi connectivity index (χ2n) is 6.94. The van der Waals surface area contributed by atoms with Gasteiger partial charge in [-0.05, 0) is 29.6 Å². The molecule has 0 radical (unpaired) electrons. The van der Waals surface area contributed by atoms with E-state index < -0.39 is 0 Å². The smallest absolute Gasteiger partial charge is 0.0257 e. The fourth-order valence-electron chi connectivity index (χ4n) is 1.69. The Morgan fingerprint density at radius 2 is 1.43 bits per heavy atom. The van der Waals surface area contributed by atoms with Gasteiger partial charge in [-0.25, -0.2) is 0 Å². The van der Waals surface area contributed by atoms with Crippen LogP contribution in [-0.4, -0.2) is 0 Å². The molecule has 0 N–H and O–H groups in total. The van der Waals surface area contributed by atoms with E-state index >= 15 is 0 Å². The average molecular weight is 196 g/mol. The van der Waals surface area contributed by atoms with Crippen molar-refractivity contribution in [2.75, 3.05) is 0 Å². The second-order valence-corrected chi connectivity index (χ2v) is 6.94. The summed E-state index contributed by atoms with van der Waals surface area (Å²) >= 11 is 0. The van der Waals surface area contributed by atoms with Gasteiger partial charge in [0.05, 0.1) is 0 Å². The highest BCUT2D eigenvalue weighted by atomic mass is 14.2. The van der Waals surface area contributed by atoms with Gasteiger partial charge in [0.1, 0.15) is 0 Å². The monoisotopic (exact) mass is 196 g/mol. The Morgan fingerprint density at radius 1 is 0.929 bits per heavy atom. The maximum Gasteiger partial charge on any atom is -0.0257 e. The molecule has 1 unspecified atom stereocenters. The van der Waals surface area contributed by atoms with Crippen molar-refractivity contribution in [2.24, 2.45) is 16.7 Å². The van der Waals surface area contributed by atoms with Gasteiger partial charge in [-0.15, -0.1) is 0 Å². The molecule has 1 atom stereocenters. The molecule has 0 aromatic heterocycles. The largest absolute Gasteiger partial charge is 0.0877 e. The van der Waals surface area contributed by atoms with Gasteiger partial charge in [0.25, 0.3) is 0 Å². The van der Waals surface area contributed by atoms with Crippen LogP contribution in [0.4, 0.5) is 0 Å². The molecular formula is C14H28. The Kier molecular flexibility index (Phi) is 4.91. The molecule has 0 heteroatoms. The molecule has 0 bridgehead atoms. The van der Waals surface area contributed by atoms with E-state index in [0.29, 0.717) is 16.7 Å². The van der Waals surface area contributed by atoms with E-state index in [-0.39, 0.29) is 0 Å². The lowest BCUT2D eigenvalue weighted by Gasteiger charge is -2.21. The molecule has 0 amide bonds. The van der Waals surface area contributed by atoms with Gasteiger partial charge in [0.2, 0.25) is 0 Å². The Labute approximate surface area is 90.8 Å². The van der Waals surface area contributed by atoms with Crippen molar-refractivity contribution < 1.29 is 0 Å². The van der Waals surface area contributed by atoms with Gasteiger partial charge in [-0.3, -0.25) is 0 Å². The van der Waals surface area contributed by atoms with Crippen LogP contribution >= 0.6 is 0 Å². The quantitative estimate of drug-likeness (QED) is 0.554. The van der Waals surface area contributed by atoms with Gasteiger partial charge >= 0.3 is 0 Å². The predicted octanol–water partition coefficient (Wildman–Crippen LogP) is 5.05. The molecule has 0 aliphatic heterocycles. The lowest BCUT2D eigenvalue weighted by atomic mass is 9.84. The van der Waals surface area contributed by atoms with Crippen molar-refractivity contribution in [3.63, 3.8) is 0 Å². The van der Waals surface area contributed by atoms with Crippen LogP contribution in [0, 0.1) is 16.7 Å². The SMILES string of the molecule is CC(C=CCC(C)(C)C)CC(C)(C)C. The highest BCUT2D eigenvalue weighted by Gasteiger charge is 2.13. The summed E-state index contributed by atoms with van der Waals surface area (Å²) in [4.78, 5) is 0. The Bertz CT molecular complexity index is 173. The van der Waals surface area contributed by atoms with E-state index in [1.54, 1.807) is 0 Å². The lowest BCUT2D eigenvalue weighted by Crippen LogP contribution is -2.09. The molecule has 0 aliphatic carbocycles. The summed E-state index contributed by atoms with van der Waals surface area (Å²) in [5, 5.41) is 0. The van der Waals surface area contributed by atoms with Crippen LogP contribution in [-0.2, 0) is 0 Å². The Balaban J connectivity index is 3.89. The first-order valence-corrected chi connectivity index (χ1v) is 5.77. The van der Waals surface area contributed by atoms with E-state index in [0.717, 1.165) is 0 Å². The third-order valence-corrected chi connectivity index (χ3v) is 2.13. The first-order valence-electron chi connectivity index (χ1n) is 5.77. The number of hydrogen-bond acceptors (Lipinski definition) is 0. The molecule has 0 aromatic rings. The fraction of sp³-hybridized carbons (Fsp3) is 0.857. The zero-order valence-corrected chi connectivity index (χ0v) is 11.1. The van der Waals surface area contributed by atoms with E-state index in [2.05, 4.69) is 60.6 Å². The van der Waals surface area contributed by atoms with E-state index in [4.69, 9.17) is 0 Å². The molecule has 0 fully saturated rings. The van der Waals surface area contributed by atoms with Crippen molar-refractivity contribution in [1.82, 2.24) is 0 Å². The first-order chi connectivity index (χ1) is 6.10. The summed E-state index contributed by atoms with van der Waals surface area (Å²) in [6.07, 6.45) is 7.17. The number of hydrogen-bond donors (Lipinski definition) is 0. The number of allylic oxidation sites excluding steroid dienone is 2. The summed E-state index contributed by atoms with van der Waals surface area (Å²) in [7, 11) is 0. The molecule has 0 heterocycles. The summed E-state index contributed by atoms with van der Waals surface area (Å²) in [5.41, 5.74) is 0.878. The average Bonchev–Trinajstić information content (AvgIpc) is 1.78. The van der Waals surface area contributed by atoms with Gasteiger partial charge in [-0.2, -0.15) is 0 Å². The summed E-state index contributed by atoms with van der Waals surface area (Å²) < 4.78 is 0. The van der Waals surface area contributed by atoms with Crippen LogP contribution in [0.1, 0.15) is 61.3 Å². The third-order valence-electron chi connectivity index (χ3n) is 2.13. The summed E-state index contributed by atoms with van der Waals surface area (Å²) in [6, 6.07) is 0. The van der Waals surface area contributed by atoms with Crippen LogP contribution in [0.2, 0.25) is 0 Å². The second kappa shape index (κ2) is 5.00. The topological polar surface area (TPSA) is 0 Å². The van der Waals surface area contributed by atoms with Gasteiger partial charge < -0.3 is 0 Å². The molecule has 14 heavy (non-hydrogen) atoms. The highest BCUT2D eigenvalue weighted by Crippen LogP contribution is 2.25. The lowest BCUT2D eigenvalue weighted by molar-refractivity contribution is 0.336. The Morgan fingerprint density at radius 3 is 1.79 bits per heavy atom.